The van der Waals surface area contributed by atoms with E-state index in [1.165, 1.54) is 5.56 Å². The van der Waals surface area contributed by atoms with E-state index in [1.54, 1.807) is 0 Å². The first-order valence-corrected chi connectivity index (χ1v) is 6.34. The summed E-state index contributed by atoms with van der Waals surface area (Å²) in [5, 5.41) is 13.7. The first-order chi connectivity index (χ1) is 8.18. The molecular weight excluding hydrogens is 212 g/mol. The Balaban J connectivity index is 1.86. The summed E-state index contributed by atoms with van der Waals surface area (Å²) in [6.07, 6.45) is 1.71. The number of likely N-dealkylation sites (N-methyl/N-ethyl adjacent to an activating group) is 1. The fourth-order valence-corrected chi connectivity index (χ4v) is 2.50. The topological polar surface area (TPSA) is 35.5 Å². The zero-order valence-electron chi connectivity index (χ0n) is 10.5. The second-order valence-electron chi connectivity index (χ2n) is 5.13. The van der Waals surface area contributed by atoms with Gasteiger partial charge in [-0.25, -0.2) is 0 Å². The maximum atomic E-state index is 10.4. The minimum absolute atomic E-state index is 0.505. The number of benzene rings is 1. The fraction of sp³-hybridized carbons (Fsp3) is 0.571. The first-order valence-electron chi connectivity index (χ1n) is 6.34. The molecule has 0 bridgehead atoms. The van der Waals surface area contributed by atoms with Crippen LogP contribution in [-0.2, 0) is 6.54 Å². The van der Waals surface area contributed by atoms with Crippen molar-refractivity contribution in [2.24, 2.45) is 0 Å². The van der Waals surface area contributed by atoms with Gasteiger partial charge in [0.1, 0.15) is 0 Å². The molecule has 0 aliphatic carbocycles. The maximum absolute atomic E-state index is 10.4. The van der Waals surface area contributed by atoms with Crippen LogP contribution in [0.25, 0.3) is 0 Å². The second-order valence-corrected chi connectivity index (χ2v) is 5.13. The Kier molecular flexibility index (Phi) is 4.15. The lowest BCUT2D eigenvalue weighted by Crippen LogP contribution is -2.48. The van der Waals surface area contributed by atoms with E-state index in [9.17, 15) is 5.11 Å². The average Bonchev–Trinajstić information content (AvgIpc) is 2.30. The quantitative estimate of drug-likeness (QED) is 0.822. The molecule has 17 heavy (non-hydrogen) atoms. The number of rotatable bonds is 4. The molecule has 1 aliphatic rings. The first kappa shape index (κ1) is 12.6. The lowest BCUT2D eigenvalue weighted by molar-refractivity contribution is -0.0168. The molecule has 94 valence electrons. The van der Waals surface area contributed by atoms with Crippen LogP contribution < -0.4 is 5.32 Å². The van der Waals surface area contributed by atoms with Crippen LogP contribution in [-0.4, -0.2) is 42.3 Å². The average molecular weight is 234 g/mol. The SMILES string of the molecule is CN(Cc1ccccc1)CC1(O)CCNCC1. The standard InChI is InChI=1S/C14H22N2O/c1-16(11-13-5-3-2-4-6-13)12-14(17)7-9-15-10-8-14/h2-6,15,17H,7-12H2,1H3. The van der Waals surface area contributed by atoms with Crippen molar-refractivity contribution in [1.29, 1.82) is 0 Å². The molecule has 0 saturated carbocycles. The van der Waals surface area contributed by atoms with E-state index >= 15 is 0 Å². The maximum Gasteiger partial charge on any atom is 0.0798 e. The van der Waals surface area contributed by atoms with Gasteiger partial charge in [0.2, 0.25) is 0 Å². The summed E-state index contributed by atoms with van der Waals surface area (Å²) in [5.74, 6) is 0. The van der Waals surface area contributed by atoms with Gasteiger partial charge in [0, 0.05) is 13.1 Å². The van der Waals surface area contributed by atoms with Crippen LogP contribution in [0, 0.1) is 0 Å². The van der Waals surface area contributed by atoms with Gasteiger partial charge in [-0.2, -0.15) is 0 Å². The van der Waals surface area contributed by atoms with Crippen LogP contribution in [0.5, 0.6) is 0 Å². The molecule has 3 heteroatoms. The molecular formula is C14H22N2O. The van der Waals surface area contributed by atoms with Gasteiger partial charge in [0.25, 0.3) is 0 Å². The molecule has 0 amide bonds. The molecule has 0 radical (unpaired) electrons. The number of hydrogen-bond donors (Lipinski definition) is 2. The van der Waals surface area contributed by atoms with Crippen LogP contribution in [0.15, 0.2) is 30.3 Å². The largest absolute Gasteiger partial charge is 0.388 e. The molecule has 1 fully saturated rings. The van der Waals surface area contributed by atoms with Crippen LogP contribution in [0.1, 0.15) is 18.4 Å². The fourth-order valence-electron chi connectivity index (χ4n) is 2.50. The molecule has 2 rings (SSSR count). The number of aliphatic hydroxyl groups is 1. The van der Waals surface area contributed by atoms with Crippen molar-refractivity contribution < 1.29 is 5.11 Å². The van der Waals surface area contributed by atoms with Crippen molar-refractivity contribution in [1.82, 2.24) is 10.2 Å². The number of piperidine rings is 1. The lowest BCUT2D eigenvalue weighted by Gasteiger charge is -2.36. The Morgan fingerprint density at radius 2 is 1.88 bits per heavy atom. The van der Waals surface area contributed by atoms with Crippen molar-refractivity contribution in [2.75, 3.05) is 26.7 Å². The van der Waals surface area contributed by atoms with Crippen LogP contribution >= 0.6 is 0 Å². The third-order valence-electron chi connectivity index (χ3n) is 3.39. The van der Waals surface area contributed by atoms with Crippen molar-refractivity contribution >= 4 is 0 Å². The highest BCUT2D eigenvalue weighted by Gasteiger charge is 2.30. The Morgan fingerprint density at radius 1 is 1.24 bits per heavy atom. The van der Waals surface area contributed by atoms with Gasteiger partial charge in [0.05, 0.1) is 5.60 Å². The molecule has 3 nitrogen and oxygen atoms in total. The van der Waals surface area contributed by atoms with Gasteiger partial charge in [-0.15, -0.1) is 0 Å². The minimum Gasteiger partial charge on any atom is -0.388 e. The monoisotopic (exact) mass is 234 g/mol. The third-order valence-corrected chi connectivity index (χ3v) is 3.39. The molecule has 2 N–H and O–H groups in total. The van der Waals surface area contributed by atoms with Crippen molar-refractivity contribution in [3.63, 3.8) is 0 Å². The van der Waals surface area contributed by atoms with E-state index in [0.717, 1.165) is 39.0 Å². The zero-order chi connectivity index (χ0) is 12.1. The van der Waals surface area contributed by atoms with E-state index in [2.05, 4.69) is 41.5 Å². The van der Waals surface area contributed by atoms with Gasteiger partial charge in [-0.1, -0.05) is 30.3 Å². The van der Waals surface area contributed by atoms with Gasteiger partial charge < -0.3 is 10.4 Å². The molecule has 1 heterocycles. The second kappa shape index (κ2) is 5.63. The zero-order valence-corrected chi connectivity index (χ0v) is 10.5. The lowest BCUT2D eigenvalue weighted by atomic mass is 9.92. The van der Waals surface area contributed by atoms with E-state index < -0.39 is 5.60 Å². The van der Waals surface area contributed by atoms with E-state index in [-0.39, 0.29) is 0 Å². The molecule has 0 unspecified atom stereocenters. The molecule has 1 aromatic rings. The Labute approximate surface area is 103 Å². The summed E-state index contributed by atoms with van der Waals surface area (Å²) in [6, 6.07) is 10.4. The summed E-state index contributed by atoms with van der Waals surface area (Å²) in [7, 11) is 2.08. The van der Waals surface area contributed by atoms with Crippen molar-refractivity contribution in [3.8, 4) is 0 Å². The van der Waals surface area contributed by atoms with Gasteiger partial charge in [-0.05, 0) is 38.5 Å². The number of nitrogens with one attached hydrogen (secondary N) is 1. The Morgan fingerprint density at radius 3 is 2.53 bits per heavy atom. The predicted octanol–water partition coefficient (Wildman–Crippen LogP) is 1.23. The van der Waals surface area contributed by atoms with Crippen molar-refractivity contribution in [2.45, 2.75) is 25.0 Å². The van der Waals surface area contributed by atoms with Gasteiger partial charge >= 0.3 is 0 Å². The van der Waals surface area contributed by atoms with Crippen molar-refractivity contribution in [3.05, 3.63) is 35.9 Å². The predicted molar refractivity (Wildman–Crippen MR) is 69.8 cm³/mol. The van der Waals surface area contributed by atoms with Crippen LogP contribution in [0.2, 0.25) is 0 Å². The van der Waals surface area contributed by atoms with Gasteiger partial charge in [0.15, 0.2) is 0 Å². The van der Waals surface area contributed by atoms with E-state index in [0.29, 0.717) is 0 Å². The number of nitrogens with zero attached hydrogens (tertiary/aromatic N) is 1. The molecule has 1 saturated heterocycles. The van der Waals surface area contributed by atoms with E-state index in [4.69, 9.17) is 0 Å². The molecule has 0 atom stereocenters. The Hall–Kier alpha value is -0.900. The summed E-state index contributed by atoms with van der Waals surface area (Å²) in [6.45, 7) is 3.51. The summed E-state index contributed by atoms with van der Waals surface area (Å²) in [4.78, 5) is 2.21. The van der Waals surface area contributed by atoms with Crippen LogP contribution in [0.3, 0.4) is 0 Å². The van der Waals surface area contributed by atoms with Gasteiger partial charge in [-0.3, -0.25) is 4.90 Å². The number of hydrogen-bond acceptors (Lipinski definition) is 3. The smallest absolute Gasteiger partial charge is 0.0798 e. The highest BCUT2D eigenvalue weighted by atomic mass is 16.3. The van der Waals surface area contributed by atoms with Crippen LogP contribution in [0.4, 0.5) is 0 Å². The molecule has 0 spiro atoms. The summed E-state index contributed by atoms with van der Waals surface area (Å²) >= 11 is 0. The minimum atomic E-state index is -0.505. The third kappa shape index (κ3) is 3.80. The highest BCUT2D eigenvalue weighted by Crippen LogP contribution is 2.19. The summed E-state index contributed by atoms with van der Waals surface area (Å²) < 4.78 is 0. The molecule has 1 aromatic carbocycles. The Bertz CT molecular complexity index is 333. The van der Waals surface area contributed by atoms with E-state index in [1.807, 2.05) is 6.07 Å². The normalized spacial score (nSPS) is 19.5. The highest BCUT2D eigenvalue weighted by molar-refractivity contribution is 5.14. The molecule has 0 aromatic heterocycles. The summed E-state index contributed by atoms with van der Waals surface area (Å²) in [5.41, 5.74) is 0.793. The molecule has 1 aliphatic heterocycles.